The number of fused-ring (bicyclic) bond motifs is 1. The number of hydrogen-bond donors (Lipinski definition) is 1. The van der Waals surface area contributed by atoms with Gasteiger partial charge >= 0.3 is 0 Å². The zero-order valence-electron chi connectivity index (χ0n) is 9.51. The molecule has 1 aromatic carbocycles. The van der Waals surface area contributed by atoms with Crippen LogP contribution in [0.3, 0.4) is 0 Å². The fourth-order valence-corrected chi connectivity index (χ4v) is 3.29. The van der Waals surface area contributed by atoms with Crippen molar-refractivity contribution in [3.8, 4) is 0 Å². The van der Waals surface area contributed by atoms with Crippen molar-refractivity contribution in [3.63, 3.8) is 0 Å². The summed E-state index contributed by atoms with van der Waals surface area (Å²) in [6.45, 7) is 1.15. The number of benzene rings is 1. The van der Waals surface area contributed by atoms with Crippen LogP contribution in [0, 0.1) is 5.82 Å². The molecule has 0 aromatic heterocycles. The van der Waals surface area contributed by atoms with Gasteiger partial charge in [-0.1, -0.05) is 6.07 Å². The average molecular weight is 219 g/mol. The van der Waals surface area contributed by atoms with Crippen LogP contribution in [0.1, 0.15) is 42.7 Å². The Morgan fingerprint density at radius 2 is 2.12 bits per heavy atom. The van der Waals surface area contributed by atoms with Gasteiger partial charge in [0.25, 0.3) is 0 Å². The lowest BCUT2D eigenvalue weighted by Crippen LogP contribution is -2.31. The van der Waals surface area contributed by atoms with Crippen LogP contribution < -0.4 is 5.32 Å². The largest absolute Gasteiger partial charge is 0.313 e. The number of hydrogen-bond acceptors (Lipinski definition) is 1. The zero-order chi connectivity index (χ0) is 11.0. The van der Waals surface area contributed by atoms with Gasteiger partial charge in [0.05, 0.1) is 0 Å². The van der Waals surface area contributed by atoms with E-state index in [4.69, 9.17) is 0 Å². The Morgan fingerprint density at radius 3 is 2.94 bits per heavy atom. The van der Waals surface area contributed by atoms with Gasteiger partial charge in [-0.3, -0.25) is 0 Å². The molecule has 86 valence electrons. The standard InChI is InChI=1S/C14H18FN/c15-11-6-7-12-10(9-11)3-1-4-13(12)14-5-2-8-16-14/h6-7,9,13-14,16H,1-5,8H2. The summed E-state index contributed by atoms with van der Waals surface area (Å²) in [6, 6.07) is 5.99. The van der Waals surface area contributed by atoms with Gasteiger partial charge < -0.3 is 5.32 Å². The molecule has 0 radical (unpaired) electrons. The molecule has 2 aliphatic rings. The lowest BCUT2D eigenvalue weighted by Gasteiger charge is -2.30. The van der Waals surface area contributed by atoms with Crippen molar-refractivity contribution >= 4 is 0 Å². The van der Waals surface area contributed by atoms with Crippen molar-refractivity contribution < 1.29 is 4.39 Å². The molecule has 0 bridgehead atoms. The van der Waals surface area contributed by atoms with Crippen molar-refractivity contribution in [1.29, 1.82) is 0 Å². The maximum absolute atomic E-state index is 13.2. The lowest BCUT2D eigenvalue weighted by atomic mass is 9.78. The summed E-state index contributed by atoms with van der Waals surface area (Å²) in [5.74, 6) is 0.533. The van der Waals surface area contributed by atoms with Gasteiger partial charge in [-0.25, -0.2) is 4.39 Å². The zero-order valence-corrected chi connectivity index (χ0v) is 9.51. The quantitative estimate of drug-likeness (QED) is 0.765. The van der Waals surface area contributed by atoms with Crippen LogP contribution in [0.25, 0.3) is 0 Å². The highest BCUT2D eigenvalue weighted by Gasteiger charge is 2.29. The Bertz CT molecular complexity index is 382. The molecule has 1 aromatic rings. The summed E-state index contributed by atoms with van der Waals surface area (Å²) < 4.78 is 13.2. The first-order chi connectivity index (χ1) is 7.84. The molecule has 3 rings (SSSR count). The van der Waals surface area contributed by atoms with Crippen molar-refractivity contribution in [2.45, 2.75) is 44.1 Å². The summed E-state index contributed by atoms with van der Waals surface area (Å²) in [5.41, 5.74) is 2.64. The van der Waals surface area contributed by atoms with E-state index in [1.54, 1.807) is 12.1 Å². The highest BCUT2D eigenvalue weighted by molar-refractivity contribution is 5.34. The van der Waals surface area contributed by atoms with Gasteiger partial charge in [0, 0.05) is 6.04 Å². The Balaban J connectivity index is 1.93. The first-order valence-corrected chi connectivity index (χ1v) is 6.36. The molecule has 0 spiro atoms. The highest BCUT2D eigenvalue weighted by atomic mass is 19.1. The molecule has 2 unspecified atom stereocenters. The third kappa shape index (κ3) is 1.75. The predicted molar refractivity (Wildman–Crippen MR) is 63.1 cm³/mol. The van der Waals surface area contributed by atoms with Gasteiger partial charge in [-0.15, -0.1) is 0 Å². The fourth-order valence-electron chi connectivity index (χ4n) is 3.29. The molecule has 0 saturated carbocycles. The normalized spacial score (nSPS) is 29.1. The Morgan fingerprint density at radius 1 is 1.19 bits per heavy atom. The minimum Gasteiger partial charge on any atom is -0.313 e. The number of halogens is 1. The molecule has 16 heavy (non-hydrogen) atoms. The molecule has 1 heterocycles. The third-order valence-corrected chi connectivity index (χ3v) is 4.05. The SMILES string of the molecule is Fc1ccc2c(c1)CCCC2C1CCCN1. The third-order valence-electron chi connectivity index (χ3n) is 4.05. The van der Waals surface area contributed by atoms with Gasteiger partial charge in [0.2, 0.25) is 0 Å². The summed E-state index contributed by atoms with van der Waals surface area (Å²) in [5, 5.41) is 3.59. The fraction of sp³-hybridized carbons (Fsp3) is 0.571. The highest BCUT2D eigenvalue weighted by Crippen LogP contribution is 2.36. The molecular formula is C14H18FN. The summed E-state index contributed by atoms with van der Waals surface area (Å²) in [6.07, 6.45) is 6.09. The molecule has 1 saturated heterocycles. The molecule has 1 nitrogen and oxygen atoms in total. The van der Waals surface area contributed by atoms with Crippen molar-refractivity contribution in [1.82, 2.24) is 5.32 Å². The van der Waals surface area contributed by atoms with E-state index < -0.39 is 0 Å². The molecule has 1 N–H and O–H groups in total. The van der Waals surface area contributed by atoms with Crippen LogP contribution in [0.4, 0.5) is 4.39 Å². The molecular weight excluding hydrogens is 201 g/mol. The summed E-state index contributed by atoms with van der Waals surface area (Å²) >= 11 is 0. The summed E-state index contributed by atoms with van der Waals surface area (Å²) in [7, 11) is 0. The molecule has 1 fully saturated rings. The Hall–Kier alpha value is -0.890. The second-order valence-electron chi connectivity index (χ2n) is 5.04. The van der Waals surface area contributed by atoms with E-state index in [1.807, 2.05) is 6.07 Å². The van der Waals surface area contributed by atoms with E-state index in [9.17, 15) is 4.39 Å². The first kappa shape index (κ1) is 10.3. The van der Waals surface area contributed by atoms with Crippen LogP contribution in [-0.4, -0.2) is 12.6 Å². The van der Waals surface area contributed by atoms with Gasteiger partial charge in [-0.05, 0) is 67.8 Å². The number of nitrogens with one attached hydrogen (secondary N) is 1. The van der Waals surface area contributed by atoms with Crippen molar-refractivity contribution in [2.75, 3.05) is 6.54 Å². The topological polar surface area (TPSA) is 12.0 Å². The monoisotopic (exact) mass is 219 g/mol. The van der Waals surface area contributed by atoms with E-state index in [-0.39, 0.29) is 5.82 Å². The van der Waals surface area contributed by atoms with Gasteiger partial charge in [0.1, 0.15) is 5.82 Å². The molecule has 1 aliphatic carbocycles. The van der Waals surface area contributed by atoms with E-state index in [1.165, 1.54) is 36.8 Å². The maximum atomic E-state index is 13.2. The van der Waals surface area contributed by atoms with Crippen molar-refractivity contribution in [2.24, 2.45) is 0 Å². The lowest BCUT2D eigenvalue weighted by molar-refractivity contribution is 0.431. The van der Waals surface area contributed by atoms with Gasteiger partial charge in [0.15, 0.2) is 0 Å². The van der Waals surface area contributed by atoms with Crippen LogP contribution in [0.5, 0.6) is 0 Å². The molecule has 2 atom stereocenters. The smallest absolute Gasteiger partial charge is 0.123 e. The second-order valence-corrected chi connectivity index (χ2v) is 5.04. The minimum atomic E-state index is -0.0845. The van der Waals surface area contributed by atoms with Gasteiger partial charge in [-0.2, -0.15) is 0 Å². The minimum absolute atomic E-state index is 0.0845. The van der Waals surface area contributed by atoms with Crippen LogP contribution in [0.15, 0.2) is 18.2 Å². The molecule has 1 aliphatic heterocycles. The number of rotatable bonds is 1. The van der Waals surface area contributed by atoms with Crippen LogP contribution in [0.2, 0.25) is 0 Å². The molecule has 0 amide bonds. The molecule has 2 heteroatoms. The summed E-state index contributed by atoms with van der Waals surface area (Å²) in [4.78, 5) is 0. The first-order valence-electron chi connectivity index (χ1n) is 6.36. The van der Waals surface area contributed by atoms with E-state index >= 15 is 0 Å². The maximum Gasteiger partial charge on any atom is 0.123 e. The van der Waals surface area contributed by atoms with Crippen LogP contribution >= 0.6 is 0 Å². The van der Waals surface area contributed by atoms with E-state index in [0.717, 1.165) is 13.0 Å². The Labute approximate surface area is 96.1 Å². The van der Waals surface area contributed by atoms with E-state index in [0.29, 0.717) is 12.0 Å². The second kappa shape index (κ2) is 4.17. The number of aryl methyl sites for hydroxylation is 1. The van der Waals surface area contributed by atoms with Crippen LogP contribution in [-0.2, 0) is 6.42 Å². The Kier molecular flexibility index (Phi) is 2.68. The van der Waals surface area contributed by atoms with Crippen molar-refractivity contribution in [3.05, 3.63) is 35.1 Å². The predicted octanol–water partition coefficient (Wildman–Crippen LogP) is 3.00. The van der Waals surface area contributed by atoms with E-state index in [2.05, 4.69) is 5.32 Å². The average Bonchev–Trinajstić information content (AvgIpc) is 2.81.